The van der Waals surface area contributed by atoms with E-state index in [-0.39, 0.29) is 5.82 Å². The SMILES string of the molecule is CCC1CNC(CC(C)C)CN1c1cc(OC)ccc1F. The minimum atomic E-state index is -0.167. The fourth-order valence-electron chi connectivity index (χ4n) is 3.09. The second-order valence-corrected chi connectivity index (χ2v) is 6.27. The summed E-state index contributed by atoms with van der Waals surface area (Å²) in [7, 11) is 1.62. The molecular formula is C17H27FN2O. The number of hydrogen-bond acceptors (Lipinski definition) is 3. The van der Waals surface area contributed by atoms with E-state index in [1.807, 2.05) is 6.07 Å². The third kappa shape index (κ3) is 3.88. The first-order valence-electron chi connectivity index (χ1n) is 7.88. The van der Waals surface area contributed by atoms with Crippen molar-refractivity contribution in [3.05, 3.63) is 24.0 Å². The number of ether oxygens (including phenoxy) is 1. The minimum absolute atomic E-state index is 0.167. The maximum absolute atomic E-state index is 14.3. The lowest BCUT2D eigenvalue weighted by Gasteiger charge is -2.42. The van der Waals surface area contributed by atoms with Gasteiger partial charge >= 0.3 is 0 Å². The van der Waals surface area contributed by atoms with Crippen LogP contribution in [0.5, 0.6) is 5.75 Å². The van der Waals surface area contributed by atoms with E-state index in [4.69, 9.17) is 4.74 Å². The lowest BCUT2D eigenvalue weighted by Crippen LogP contribution is -2.57. The Bertz CT molecular complexity index is 464. The maximum Gasteiger partial charge on any atom is 0.146 e. The van der Waals surface area contributed by atoms with E-state index in [1.54, 1.807) is 13.2 Å². The summed E-state index contributed by atoms with van der Waals surface area (Å²) in [6.45, 7) is 8.36. The van der Waals surface area contributed by atoms with Crippen molar-refractivity contribution in [2.75, 3.05) is 25.1 Å². The summed E-state index contributed by atoms with van der Waals surface area (Å²) in [5.41, 5.74) is 0.663. The molecule has 0 saturated carbocycles. The largest absolute Gasteiger partial charge is 0.497 e. The van der Waals surface area contributed by atoms with Crippen LogP contribution in [-0.4, -0.2) is 32.3 Å². The van der Waals surface area contributed by atoms with Crippen molar-refractivity contribution < 1.29 is 9.13 Å². The van der Waals surface area contributed by atoms with Crippen LogP contribution >= 0.6 is 0 Å². The smallest absolute Gasteiger partial charge is 0.146 e. The molecule has 2 rings (SSSR count). The Balaban J connectivity index is 2.24. The Morgan fingerprint density at radius 3 is 2.81 bits per heavy atom. The molecule has 0 bridgehead atoms. The first kappa shape index (κ1) is 16.1. The van der Waals surface area contributed by atoms with E-state index in [9.17, 15) is 4.39 Å². The zero-order valence-electron chi connectivity index (χ0n) is 13.5. The Labute approximate surface area is 127 Å². The van der Waals surface area contributed by atoms with Gasteiger partial charge in [0.05, 0.1) is 12.8 Å². The number of methoxy groups -OCH3 is 1. The highest BCUT2D eigenvalue weighted by atomic mass is 19.1. The zero-order chi connectivity index (χ0) is 15.4. The first-order chi connectivity index (χ1) is 10.0. The Kier molecular flexibility index (Phi) is 5.45. The third-order valence-corrected chi connectivity index (χ3v) is 4.19. The molecule has 2 unspecified atom stereocenters. The van der Waals surface area contributed by atoms with E-state index in [1.165, 1.54) is 6.07 Å². The van der Waals surface area contributed by atoms with Gasteiger partial charge < -0.3 is 15.0 Å². The van der Waals surface area contributed by atoms with Crippen LogP contribution in [0.3, 0.4) is 0 Å². The molecule has 21 heavy (non-hydrogen) atoms. The summed E-state index contributed by atoms with van der Waals surface area (Å²) in [4.78, 5) is 2.21. The topological polar surface area (TPSA) is 24.5 Å². The molecule has 1 N–H and O–H groups in total. The molecular weight excluding hydrogens is 267 g/mol. The lowest BCUT2D eigenvalue weighted by molar-refractivity contribution is 0.340. The Morgan fingerprint density at radius 2 is 2.19 bits per heavy atom. The van der Waals surface area contributed by atoms with E-state index in [2.05, 4.69) is 31.0 Å². The molecule has 118 valence electrons. The first-order valence-corrected chi connectivity index (χ1v) is 7.88. The van der Waals surface area contributed by atoms with Crippen LogP contribution in [0.1, 0.15) is 33.6 Å². The predicted molar refractivity (Wildman–Crippen MR) is 85.6 cm³/mol. The monoisotopic (exact) mass is 294 g/mol. The van der Waals surface area contributed by atoms with E-state index < -0.39 is 0 Å². The highest BCUT2D eigenvalue weighted by Crippen LogP contribution is 2.29. The van der Waals surface area contributed by atoms with Gasteiger partial charge in [-0.15, -0.1) is 0 Å². The highest BCUT2D eigenvalue weighted by Gasteiger charge is 2.29. The number of benzene rings is 1. The van der Waals surface area contributed by atoms with Crippen LogP contribution in [0.2, 0.25) is 0 Å². The maximum atomic E-state index is 14.3. The van der Waals surface area contributed by atoms with Crippen molar-refractivity contribution in [3.63, 3.8) is 0 Å². The van der Waals surface area contributed by atoms with Crippen molar-refractivity contribution >= 4 is 5.69 Å². The molecule has 1 aliphatic heterocycles. The summed E-state index contributed by atoms with van der Waals surface area (Å²) in [5, 5.41) is 3.60. The van der Waals surface area contributed by atoms with Crippen LogP contribution in [-0.2, 0) is 0 Å². The Hall–Kier alpha value is -1.29. The van der Waals surface area contributed by atoms with E-state index >= 15 is 0 Å². The van der Waals surface area contributed by atoms with Gasteiger partial charge in [0.1, 0.15) is 11.6 Å². The van der Waals surface area contributed by atoms with E-state index in [0.29, 0.717) is 29.4 Å². The highest BCUT2D eigenvalue weighted by molar-refractivity contribution is 5.53. The van der Waals surface area contributed by atoms with Gasteiger partial charge in [-0.05, 0) is 30.9 Å². The van der Waals surface area contributed by atoms with Crippen LogP contribution in [0.15, 0.2) is 18.2 Å². The van der Waals surface area contributed by atoms with Crippen LogP contribution in [0, 0.1) is 11.7 Å². The summed E-state index contributed by atoms with van der Waals surface area (Å²) >= 11 is 0. The molecule has 1 saturated heterocycles. The lowest BCUT2D eigenvalue weighted by atomic mass is 9.98. The number of halogens is 1. The average Bonchev–Trinajstić information content (AvgIpc) is 2.47. The predicted octanol–water partition coefficient (Wildman–Crippen LogP) is 3.44. The van der Waals surface area contributed by atoms with Crippen molar-refractivity contribution in [2.45, 2.75) is 45.7 Å². The molecule has 2 atom stereocenters. The van der Waals surface area contributed by atoms with Crippen LogP contribution in [0.4, 0.5) is 10.1 Å². The summed E-state index contributed by atoms with van der Waals surface area (Å²) in [6.07, 6.45) is 2.11. The quantitative estimate of drug-likeness (QED) is 0.900. The van der Waals surface area contributed by atoms with Gasteiger partial charge in [0, 0.05) is 31.2 Å². The second kappa shape index (κ2) is 7.12. The van der Waals surface area contributed by atoms with E-state index in [0.717, 1.165) is 25.9 Å². The van der Waals surface area contributed by atoms with Gasteiger partial charge in [0.2, 0.25) is 0 Å². The van der Waals surface area contributed by atoms with Gasteiger partial charge in [0.15, 0.2) is 0 Å². The number of piperazine rings is 1. The molecule has 3 nitrogen and oxygen atoms in total. The van der Waals surface area contributed by atoms with Gasteiger partial charge in [0.25, 0.3) is 0 Å². The molecule has 1 aromatic carbocycles. The van der Waals surface area contributed by atoms with Gasteiger partial charge in [-0.1, -0.05) is 20.8 Å². The van der Waals surface area contributed by atoms with Crippen molar-refractivity contribution in [1.29, 1.82) is 0 Å². The molecule has 1 aromatic rings. The zero-order valence-corrected chi connectivity index (χ0v) is 13.5. The van der Waals surface area contributed by atoms with Crippen LogP contribution < -0.4 is 15.0 Å². The molecule has 0 spiro atoms. The number of rotatable bonds is 5. The Morgan fingerprint density at radius 1 is 1.43 bits per heavy atom. The van der Waals surface area contributed by atoms with Crippen molar-refractivity contribution in [1.82, 2.24) is 5.32 Å². The standard InChI is InChI=1S/C17H27FN2O/c1-5-14-10-19-13(8-12(2)3)11-20(14)17-9-15(21-4)6-7-16(17)18/h6-7,9,12-14,19H,5,8,10-11H2,1-4H3. The number of nitrogens with zero attached hydrogens (tertiary/aromatic N) is 1. The molecule has 0 aliphatic carbocycles. The second-order valence-electron chi connectivity index (χ2n) is 6.27. The summed E-state index contributed by atoms with van der Waals surface area (Å²) in [5.74, 6) is 1.18. The molecule has 0 aromatic heterocycles. The fraction of sp³-hybridized carbons (Fsp3) is 0.647. The molecule has 4 heteroatoms. The number of anilines is 1. The van der Waals surface area contributed by atoms with Gasteiger partial charge in [-0.25, -0.2) is 4.39 Å². The molecule has 1 aliphatic rings. The normalized spacial score (nSPS) is 22.7. The van der Waals surface area contributed by atoms with Gasteiger partial charge in [-0.2, -0.15) is 0 Å². The molecule has 1 fully saturated rings. The summed E-state index contributed by atoms with van der Waals surface area (Å²) < 4.78 is 19.5. The van der Waals surface area contributed by atoms with Crippen LogP contribution in [0.25, 0.3) is 0 Å². The summed E-state index contributed by atoms with van der Waals surface area (Å²) in [6, 6.07) is 5.73. The molecule has 0 amide bonds. The molecule has 1 heterocycles. The van der Waals surface area contributed by atoms with Crippen molar-refractivity contribution in [3.8, 4) is 5.75 Å². The molecule has 0 radical (unpaired) electrons. The van der Waals surface area contributed by atoms with Crippen molar-refractivity contribution in [2.24, 2.45) is 5.92 Å². The minimum Gasteiger partial charge on any atom is -0.497 e. The third-order valence-electron chi connectivity index (χ3n) is 4.19. The fourth-order valence-corrected chi connectivity index (χ4v) is 3.09. The number of nitrogens with one attached hydrogen (secondary N) is 1. The number of hydrogen-bond donors (Lipinski definition) is 1. The average molecular weight is 294 g/mol. The van der Waals surface area contributed by atoms with Gasteiger partial charge in [-0.3, -0.25) is 0 Å².